The lowest BCUT2D eigenvalue weighted by Crippen LogP contribution is -2.24. The Balaban J connectivity index is 1.77. The zero-order valence-electron chi connectivity index (χ0n) is 10.5. The Kier molecular flexibility index (Phi) is 3.10. The molecule has 3 atom stereocenters. The summed E-state index contributed by atoms with van der Waals surface area (Å²) in [6, 6.07) is 0.432. The van der Waals surface area contributed by atoms with Gasteiger partial charge in [-0.25, -0.2) is 0 Å². The van der Waals surface area contributed by atoms with E-state index in [4.69, 9.17) is 0 Å². The van der Waals surface area contributed by atoms with E-state index in [1.54, 1.807) is 6.20 Å². The quantitative estimate of drug-likeness (QED) is 0.865. The molecule has 2 saturated carbocycles. The molecule has 0 aliphatic heterocycles. The van der Waals surface area contributed by atoms with Gasteiger partial charge in [0, 0.05) is 18.6 Å². The van der Waals surface area contributed by atoms with E-state index in [2.05, 4.69) is 22.2 Å². The Morgan fingerprint density at radius 1 is 1.29 bits per heavy atom. The first-order valence-corrected chi connectivity index (χ1v) is 6.91. The normalized spacial score (nSPS) is 32.9. The van der Waals surface area contributed by atoms with Gasteiger partial charge in [-0.15, -0.1) is 0 Å². The van der Waals surface area contributed by atoms with Crippen LogP contribution in [0.25, 0.3) is 0 Å². The van der Waals surface area contributed by atoms with Gasteiger partial charge in [0.05, 0.1) is 11.7 Å². The predicted octanol–water partition coefficient (Wildman–Crippen LogP) is 2.56. The minimum absolute atomic E-state index is 0.432. The minimum atomic E-state index is 0.432. The smallest absolute Gasteiger partial charge is 0.0759 e. The average Bonchev–Trinajstić information content (AvgIpc) is 3.11. The summed E-state index contributed by atoms with van der Waals surface area (Å²) in [7, 11) is 0. The van der Waals surface area contributed by atoms with Crippen LogP contribution in [-0.2, 0) is 0 Å². The van der Waals surface area contributed by atoms with E-state index >= 15 is 0 Å². The fourth-order valence-corrected chi connectivity index (χ4v) is 3.67. The van der Waals surface area contributed by atoms with E-state index < -0.39 is 0 Å². The van der Waals surface area contributed by atoms with E-state index in [0.717, 1.165) is 30.0 Å². The fourth-order valence-electron chi connectivity index (χ4n) is 3.67. The van der Waals surface area contributed by atoms with Crippen LogP contribution in [0.3, 0.4) is 0 Å². The molecule has 1 aromatic heterocycles. The molecule has 0 aromatic carbocycles. The summed E-state index contributed by atoms with van der Waals surface area (Å²) < 4.78 is 0. The molecule has 0 amide bonds. The molecule has 3 nitrogen and oxygen atoms in total. The molecule has 1 N–H and O–H groups in total. The average molecular weight is 231 g/mol. The van der Waals surface area contributed by atoms with Crippen molar-refractivity contribution in [2.45, 2.75) is 38.6 Å². The lowest BCUT2D eigenvalue weighted by atomic mass is 10.0. The molecule has 17 heavy (non-hydrogen) atoms. The van der Waals surface area contributed by atoms with Crippen LogP contribution in [0.5, 0.6) is 0 Å². The Hall–Kier alpha value is -0.960. The lowest BCUT2D eigenvalue weighted by Gasteiger charge is -2.17. The summed E-state index contributed by atoms with van der Waals surface area (Å²) in [5, 5.41) is 3.61. The second kappa shape index (κ2) is 4.73. The van der Waals surface area contributed by atoms with Crippen molar-refractivity contribution < 1.29 is 0 Å². The van der Waals surface area contributed by atoms with Gasteiger partial charge in [0.25, 0.3) is 0 Å². The van der Waals surface area contributed by atoms with E-state index in [0.29, 0.717) is 6.04 Å². The number of fused-ring (bicyclic) bond motifs is 1. The van der Waals surface area contributed by atoms with Crippen molar-refractivity contribution in [3.8, 4) is 0 Å². The summed E-state index contributed by atoms with van der Waals surface area (Å²) in [4.78, 5) is 8.70. The zero-order valence-corrected chi connectivity index (χ0v) is 10.5. The van der Waals surface area contributed by atoms with Crippen LogP contribution < -0.4 is 5.32 Å². The van der Waals surface area contributed by atoms with Crippen LogP contribution in [0.1, 0.15) is 44.3 Å². The molecule has 3 unspecified atom stereocenters. The van der Waals surface area contributed by atoms with Gasteiger partial charge >= 0.3 is 0 Å². The molecule has 0 bridgehead atoms. The molecule has 0 radical (unpaired) electrons. The molecule has 1 aromatic rings. The first-order valence-electron chi connectivity index (χ1n) is 6.91. The maximum Gasteiger partial charge on any atom is 0.0759 e. The number of rotatable bonds is 4. The molecule has 1 heterocycles. The third-order valence-corrected chi connectivity index (χ3v) is 4.43. The van der Waals surface area contributed by atoms with Crippen molar-refractivity contribution in [1.82, 2.24) is 15.3 Å². The van der Waals surface area contributed by atoms with Gasteiger partial charge in [0.15, 0.2) is 0 Å². The summed E-state index contributed by atoms with van der Waals surface area (Å²) in [5.41, 5.74) is 1.13. The van der Waals surface area contributed by atoms with Crippen molar-refractivity contribution in [2.75, 3.05) is 6.54 Å². The standard InChI is InChI=1S/C14H21N3/c1-2-16-14(12-9-15-7-8-17-12)13-10-5-3-4-6-11(10)13/h7-11,13-14,16H,2-6H2,1H3. The SMILES string of the molecule is CCNC(c1cnccn1)C1C2CCCCC21. The summed E-state index contributed by atoms with van der Waals surface area (Å²) in [5.74, 6) is 2.72. The van der Waals surface area contributed by atoms with E-state index in [-0.39, 0.29) is 0 Å². The van der Waals surface area contributed by atoms with Crippen molar-refractivity contribution in [1.29, 1.82) is 0 Å². The van der Waals surface area contributed by atoms with Crippen molar-refractivity contribution in [3.05, 3.63) is 24.3 Å². The third kappa shape index (κ3) is 2.08. The molecule has 2 aliphatic rings. The van der Waals surface area contributed by atoms with Crippen molar-refractivity contribution in [2.24, 2.45) is 17.8 Å². The van der Waals surface area contributed by atoms with E-state index in [9.17, 15) is 0 Å². The minimum Gasteiger partial charge on any atom is -0.309 e. The number of nitrogens with zero attached hydrogens (tertiary/aromatic N) is 2. The summed E-state index contributed by atoms with van der Waals surface area (Å²) >= 11 is 0. The van der Waals surface area contributed by atoms with Gasteiger partial charge in [-0.2, -0.15) is 0 Å². The van der Waals surface area contributed by atoms with Crippen LogP contribution in [-0.4, -0.2) is 16.5 Å². The summed E-state index contributed by atoms with van der Waals surface area (Å²) in [6.07, 6.45) is 11.2. The first kappa shape index (κ1) is 11.1. The van der Waals surface area contributed by atoms with Crippen LogP contribution in [0.15, 0.2) is 18.6 Å². The molecular weight excluding hydrogens is 210 g/mol. The highest BCUT2D eigenvalue weighted by Gasteiger charge is 2.54. The van der Waals surface area contributed by atoms with Gasteiger partial charge in [0.1, 0.15) is 0 Å². The van der Waals surface area contributed by atoms with E-state index in [1.165, 1.54) is 25.7 Å². The maximum atomic E-state index is 4.49. The summed E-state index contributed by atoms with van der Waals surface area (Å²) in [6.45, 7) is 3.19. The Morgan fingerprint density at radius 2 is 2.06 bits per heavy atom. The Morgan fingerprint density at radius 3 is 2.65 bits per heavy atom. The second-order valence-corrected chi connectivity index (χ2v) is 5.36. The molecule has 2 aliphatic carbocycles. The van der Waals surface area contributed by atoms with Gasteiger partial charge in [0.2, 0.25) is 0 Å². The molecule has 92 valence electrons. The monoisotopic (exact) mass is 231 g/mol. The van der Waals surface area contributed by atoms with E-state index in [1.807, 2.05) is 12.4 Å². The molecular formula is C14H21N3. The van der Waals surface area contributed by atoms with Gasteiger partial charge in [-0.1, -0.05) is 19.8 Å². The maximum absolute atomic E-state index is 4.49. The number of hydrogen-bond donors (Lipinski definition) is 1. The largest absolute Gasteiger partial charge is 0.309 e. The van der Waals surface area contributed by atoms with Crippen LogP contribution >= 0.6 is 0 Å². The van der Waals surface area contributed by atoms with Crippen LogP contribution in [0.2, 0.25) is 0 Å². The first-order chi connectivity index (χ1) is 8.42. The fraction of sp³-hybridized carbons (Fsp3) is 0.714. The Labute approximate surface area is 103 Å². The highest BCUT2D eigenvalue weighted by molar-refractivity contribution is 5.13. The number of nitrogens with one attached hydrogen (secondary N) is 1. The van der Waals surface area contributed by atoms with Crippen molar-refractivity contribution >= 4 is 0 Å². The molecule has 0 spiro atoms. The topological polar surface area (TPSA) is 37.8 Å². The zero-order chi connectivity index (χ0) is 11.7. The third-order valence-electron chi connectivity index (χ3n) is 4.43. The predicted molar refractivity (Wildman–Crippen MR) is 67.4 cm³/mol. The van der Waals surface area contributed by atoms with Crippen molar-refractivity contribution in [3.63, 3.8) is 0 Å². The van der Waals surface area contributed by atoms with Gasteiger partial charge in [-0.05, 0) is 37.1 Å². The van der Waals surface area contributed by atoms with Crippen LogP contribution in [0, 0.1) is 17.8 Å². The molecule has 2 fully saturated rings. The Bertz CT molecular complexity index is 353. The molecule has 0 saturated heterocycles. The second-order valence-electron chi connectivity index (χ2n) is 5.36. The number of aromatic nitrogens is 2. The highest BCUT2D eigenvalue weighted by atomic mass is 15.0. The molecule has 3 rings (SSSR count). The van der Waals surface area contributed by atoms with Gasteiger partial charge < -0.3 is 5.32 Å². The highest BCUT2D eigenvalue weighted by Crippen LogP contribution is 2.60. The van der Waals surface area contributed by atoms with Crippen LogP contribution in [0.4, 0.5) is 0 Å². The van der Waals surface area contributed by atoms with Gasteiger partial charge in [-0.3, -0.25) is 9.97 Å². The lowest BCUT2D eigenvalue weighted by molar-refractivity contribution is 0.445. The molecule has 3 heteroatoms. The number of hydrogen-bond acceptors (Lipinski definition) is 3.